The topological polar surface area (TPSA) is 38.3 Å². The fourth-order valence-electron chi connectivity index (χ4n) is 1.79. The van der Waals surface area contributed by atoms with Crippen LogP contribution in [0.25, 0.3) is 0 Å². The zero-order chi connectivity index (χ0) is 14.6. The van der Waals surface area contributed by atoms with Gasteiger partial charge in [0, 0.05) is 18.8 Å². The van der Waals surface area contributed by atoms with Gasteiger partial charge in [-0.1, -0.05) is 25.5 Å². The lowest BCUT2D eigenvalue weighted by molar-refractivity contribution is -0.121. The third-order valence-electron chi connectivity index (χ3n) is 2.94. The van der Waals surface area contributed by atoms with Crippen LogP contribution in [0.2, 0.25) is 0 Å². The Bertz CT molecular complexity index is 396. The number of alkyl halides is 1. The van der Waals surface area contributed by atoms with E-state index >= 15 is 0 Å². The fraction of sp³-hybridized carbons (Fsp3) is 0.562. The van der Waals surface area contributed by atoms with Crippen LogP contribution in [0.15, 0.2) is 24.3 Å². The zero-order valence-electron chi connectivity index (χ0n) is 12.2. The van der Waals surface area contributed by atoms with E-state index in [1.165, 1.54) is 5.56 Å². The average molecular weight is 298 g/mol. The monoisotopic (exact) mass is 297 g/mol. The number of benzene rings is 1. The van der Waals surface area contributed by atoms with E-state index in [2.05, 4.69) is 18.3 Å². The maximum absolute atomic E-state index is 11.4. The van der Waals surface area contributed by atoms with Gasteiger partial charge in [-0.3, -0.25) is 4.79 Å². The van der Waals surface area contributed by atoms with E-state index in [9.17, 15) is 4.79 Å². The first kappa shape index (κ1) is 16.8. The van der Waals surface area contributed by atoms with Gasteiger partial charge in [0.05, 0.1) is 6.61 Å². The molecule has 0 aromatic heterocycles. The molecule has 0 saturated carbocycles. The Kier molecular flexibility index (Phi) is 8.88. The molecule has 1 amide bonds. The minimum atomic E-state index is 0.0704. The second kappa shape index (κ2) is 10.6. The molecule has 0 atom stereocenters. The van der Waals surface area contributed by atoms with Crippen molar-refractivity contribution in [2.24, 2.45) is 0 Å². The highest BCUT2D eigenvalue weighted by Gasteiger charge is 2.01. The first-order valence-electron chi connectivity index (χ1n) is 7.30. The molecule has 0 heterocycles. The summed E-state index contributed by atoms with van der Waals surface area (Å²) in [6, 6.07) is 8.06. The Balaban J connectivity index is 2.29. The lowest BCUT2D eigenvalue weighted by Crippen LogP contribution is -2.25. The van der Waals surface area contributed by atoms with Crippen LogP contribution in [-0.4, -0.2) is 24.9 Å². The van der Waals surface area contributed by atoms with E-state index in [1.54, 1.807) is 0 Å². The van der Waals surface area contributed by atoms with Crippen LogP contribution in [0.5, 0.6) is 5.75 Å². The van der Waals surface area contributed by atoms with Gasteiger partial charge >= 0.3 is 0 Å². The summed E-state index contributed by atoms with van der Waals surface area (Å²) < 4.78 is 5.67. The quantitative estimate of drug-likeness (QED) is 0.530. The van der Waals surface area contributed by atoms with Crippen molar-refractivity contribution in [3.63, 3.8) is 0 Å². The smallest absolute Gasteiger partial charge is 0.220 e. The molecule has 0 spiro atoms. The van der Waals surface area contributed by atoms with Gasteiger partial charge in [-0.2, -0.15) is 0 Å². The second-order valence-electron chi connectivity index (χ2n) is 4.74. The van der Waals surface area contributed by atoms with Crippen LogP contribution in [0.1, 0.15) is 38.2 Å². The van der Waals surface area contributed by atoms with Crippen molar-refractivity contribution in [2.45, 2.75) is 39.0 Å². The van der Waals surface area contributed by atoms with Crippen LogP contribution in [0.4, 0.5) is 0 Å². The SMILES string of the molecule is CCCCOc1cccc(CCNC(=O)CCCCl)c1. The predicted octanol–water partition coefficient (Wildman–Crippen LogP) is 3.54. The van der Waals surface area contributed by atoms with Crippen molar-refractivity contribution in [3.8, 4) is 5.75 Å². The van der Waals surface area contributed by atoms with Gasteiger partial charge in [-0.15, -0.1) is 11.6 Å². The second-order valence-corrected chi connectivity index (χ2v) is 5.12. The van der Waals surface area contributed by atoms with E-state index < -0.39 is 0 Å². The summed E-state index contributed by atoms with van der Waals surface area (Å²) in [5.74, 6) is 1.51. The molecule has 1 aromatic carbocycles. The third kappa shape index (κ3) is 7.39. The molecule has 1 aromatic rings. The Morgan fingerprint density at radius 3 is 2.95 bits per heavy atom. The molecule has 3 nitrogen and oxygen atoms in total. The molecule has 0 aliphatic carbocycles. The summed E-state index contributed by atoms with van der Waals surface area (Å²) in [4.78, 5) is 11.4. The summed E-state index contributed by atoms with van der Waals surface area (Å²) in [5, 5.41) is 2.90. The van der Waals surface area contributed by atoms with E-state index in [4.69, 9.17) is 16.3 Å². The molecule has 20 heavy (non-hydrogen) atoms. The predicted molar refractivity (Wildman–Crippen MR) is 83.5 cm³/mol. The largest absolute Gasteiger partial charge is 0.494 e. The third-order valence-corrected chi connectivity index (χ3v) is 3.21. The molecule has 0 aliphatic rings. The Morgan fingerprint density at radius 1 is 1.35 bits per heavy atom. The molecule has 0 radical (unpaired) electrons. The van der Waals surface area contributed by atoms with Gasteiger partial charge in [0.25, 0.3) is 0 Å². The number of hydrogen-bond acceptors (Lipinski definition) is 2. The number of carbonyl (C=O) groups is 1. The van der Waals surface area contributed by atoms with E-state index in [-0.39, 0.29) is 5.91 Å². The molecule has 0 unspecified atom stereocenters. The number of nitrogens with one attached hydrogen (secondary N) is 1. The van der Waals surface area contributed by atoms with Crippen molar-refractivity contribution in [3.05, 3.63) is 29.8 Å². The molecule has 0 saturated heterocycles. The molecule has 1 N–H and O–H groups in total. The molecule has 0 fully saturated rings. The van der Waals surface area contributed by atoms with Gasteiger partial charge in [-0.05, 0) is 37.0 Å². The number of unbranched alkanes of at least 4 members (excludes halogenated alkanes) is 1. The van der Waals surface area contributed by atoms with Crippen LogP contribution in [0, 0.1) is 0 Å². The molecule has 1 rings (SSSR count). The molecule has 4 heteroatoms. The first-order valence-corrected chi connectivity index (χ1v) is 7.84. The highest BCUT2D eigenvalue weighted by Crippen LogP contribution is 2.14. The number of ether oxygens (including phenoxy) is 1. The van der Waals surface area contributed by atoms with Gasteiger partial charge in [-0.25, -0.2) is 0 Å². The number of halogens is 1. The van der Waals surface area contributed by atoms with Crippen molar-refractivity contribution in [2.75, 3.05) is 19.0 Å². The highest BCUT2D eigenvalue weighted by molar-refractivity contribution is 6.17. The Morgan fingerprint density at radius 2 is 2.20 bits per heavy atom. The lowest BCUT2D eigenvalue weighted by Gasteiger charge is -2.08. The molecular formula is C16H24ClNO2. The maximum atomic E-state index is 11.4. The molecule has 0 bridgehead atoms. The fourth-order valence-corrected chi connectivity index (χ4v) is 1.92. The highest BCUT2D eigenvalue weighted by atomic mass is 35.5. The summed E-state index contributed by atoms with van der Waals surface area (Å²) in [7, 11) is 0. The van der Waals surface area contributed by atoms with Gasteiger partial charge in [0.2, 0.25) is 5.91 Å². The van der Waals surface area contributed by atoms with Gasteiger partial charge < -0.3 is 10.1 Å². The van der Waals surface area contributed by atoms with Crippen LogP contribution >= 0.6 is 11.6 Å². The zero-order valence-corrected chi connectivity index (χ0v) is 12.9. The normalized spacial score (nSPS) is 10.3. The minimum Gasteiger partial charge on any atom is -0.494 e. The minimum absolute atomic E-state index is 0.0704. The molecule has 0 aliphatic heterocycles. The summed E-state index contributed by atoms with van der Waals surface area (Å²) >= 11 is 5.55. The maximum Gasteiger partial charge on any atom is 0.220 e. The molecular weight excluding hydrogens is 274 g/mol. The van der Waals surface area contributed by atoms with Crippen molar-refractivity contribution in [1.29, 1.82) is 0 Å². The summed E-state index contributed by atoms with van der Waals surface area (Å²) in [6.07, 6.45) is 4.25. The van der Waals surface area contributed by atoms with Crippen LogP contribution in [-0.2, 0) is 11.2 Å². The van der Waals surface area contributed by atoms with Gasteiger partial charge in [0.15, 0.2) is 0 Å². The van der Waals surface area contributed by atoms with Crippen molar-refractivity contribution >= 4 is 17.5 Å². The van der Waals surface area contributed by atoms with Gasteiger partial charge in [0.1, 0.15) is 5.75 Å². The van der Waals surface area contributed by atoms with Crippen molar-refractivity contribution < 1.29 is 9.53 Å². The Hall–Kier alpha value is -1.22. The summed E-state index contributed by atoms with van der Waals surface area (Å²) in [6.45, 7) is 3.56. The number of hydrogen-bond donors (Lipinski definition) is 1. The van der Waals surface area contributed by atoms with E-state index in [0.717, 1.165) is 38.0 Å². The average Bonchev–Trinajstić information content (AvgIpc) is 2.46. The number of rotatable bonds is 10. The molecule has 112 valence electrons. The standard InChI is InChI=1S/C16H24ClNO2/c1-2-3-12-20-15-7-4-6-14(13-15)9-11-18-16(19)8-5-10-17/h4,6-7,13H,2-3,5,8-12H2,1H3,(H,18,19). The number of carbonyl (C=O) groups excluding carboxylic acids is 1. The van der Waals surface area contributed by atoms with Crippen molar-refractivity contribution in [1.82, 2.24) is 5.32 Å². The van der Waals surface area contributed by atoms with E-state index in [1.807, 2.05) is 18.2 Å². The lowest BCUT2D eigenvalue weighted by atomic mass is 10.1. The number of amides is 1. The first-order chi connectivity index (χ1) is 9.76. The summed E-state index contributed by atoms with van der Waals surface area (Å²) in [5.41, 5.74) is 1.18. The van der Waals surface area contributed by atoms with E-state index in [0.29, 0.717) is 18.8 Å². The van der Waals surface area contributed by atoms with Crippen LogP contribution in [0.3, 0.4) is 0 Å². The Labute approximate surface area is 126 Å². The van der Waals surface area contributed by atoms with Crippen LogP contribution < -0.4 is 10.1 Å².